The van der Waals surface area contributed by atoms with E-state index in [1.807, 2.05) is 24.3 Å². The summed E-state index contributed by atoms with van der Waals surface area (Å²) in [5, 5.41) is 2.87. The fourth-order valence-electron chi connectivity index (χ4n) is 4.69. The van der Waals surface area contributed by atoms with Crippen LogP contribution in [0, 0.1) is 12.7 Å². The van der Waals surface area contributed by atoms with E-state index in [0.29, 0.717) is 12.3 Å². The average Bonchev–Trinajstić information content (AvgIpc) is 3.35. The smallest absolute Gasteiger partial charge is 0.262 e. The molecule has 7 heteroatoms. The second kappa shape index (κ2) is 18.4. The number of thiazole rings is 1. The molecule has 1 aromatic heterocycles. The number of aromatic nitrogens is 1. The summed E-state index contributed by atoms with van der Waals surface area (Å²) in [5.41, 5.74) is 3.85. The van der Waals surface area contributed by atoms with Gasteiger partial charge in [-0.25, -0.2) is 4.39 Å². The summed E-state index contributed by atoms with van der Waals surface area (Å²) in [6.45, 7) is 5.25. The van der Waals surface area contributed by atoms with E-state index in [2.05, 4.69) is 35.4 Å². The zero-order valence-corrected chi connectivity index (χ0v) is 25.1. The van der Waals surface area contributed by atoms with Crippen molar-refractivity contribution in [3.05, 3.63) is 70.4 Å². The molecule has 0 aliphatic rings. The molecule has 2 aromatic carbocycles. The number of nitrogens with one attached hydrogen (secondary N) is 1. The Morgan fingerprint density at radius 3 is 2.25 bits per heavy atom. The molecule has 0 saturated carbocycles. The second-order valence-corrected chi connectivity index (χ2v) is 11.6. The van der Waals surface area contributed by atoms with Gasteiger partial charge in [-0.05, 0) is 37.6 Å². The largest absolute Gasteiger partial charge is 0.487 e. The number of carbonyl (C=O) groups excluding carboxylic acids is 1. The SMILES string of the molecule is CCCCCCCCCCCCCCOc1c(F)cccc1OCC(=O)Nc1cccc(C[n+]2csc(C)c2)c1. The summed E-state index contributed by atoms with van der Waals surface area (Å²) in [4.78, 5) is 13.8. The summed E-state index contributed by atoms with van der Waals surface area (Å²) in [6, 6.07) is 12.3. The minimum Gasteiger partial charge on any atom is -0.487 e. The van der Waals surface area contributed by atoms with Crippen LogP contribution in [0.25, 0.3) is 0 Å². The molecule has 0 saturated heterocycles. The van der Waals surface area contributed by atoms with Gasteiger partial charge in [0, 0.05) is 11.3 Å². The van der Waals surface area contributed by atoms with Crippen molar-refractivity contribution < 1.29 is 23.2 Å². The van der Waals surface area contributed by atoms with Gasteiger partial charge in [-0.1, -0.05) is 107 Å². The Morgan fingerprint density at radius 2 is 1.57 bits per heavy atom. The molecular formula is C33H46FN2O3S+. The van der Waals surface area contributed by atoms with E-state index in [-0.39, 0.29) is 24.0 Å². The number of ether oxygens (including phenoxy) is 2. The van der Waals surface area contributed by atoms with Crippen molar-refractivity contribution in [1.29, 1.82) is 0 Å². The Morgan fingerprint density at radius 1 is 0.900 bits per heavy atom. The monoisotopic (exact) mass is 569 g/mol. The molecule has 40 heavy (non-hydrogen) atoms. The number of hydrogen-bond acceptors (Lipinski definition) is 4. The van der Waals surface area contributed by atoms with Crippen LogP contribution >= 0.6 is 11.3 Å². The molecule has 0 aliphatic heterocycles. The van der Waals surface area contributed by atoms with Crippen molar-refractivity contribution in [3.8, 4) is 11.5 Å². The number of rotatable bonds is 20. The van der Waals surface area contributed by atoms with Crippen molar-refractivity contribution in [2.75, 3.05) is 18.5 Å². The van der Waals surface area contributed by atoms with Crippen LogP contribution in [0.3, 0.4) is 0 Å². The van der Waals surface area contributed by atoms with Gasteiger partial charge in [0.15, 0.2) is 36.7 Å². The van der Waals surface area contributed by atoms with Gasteiger partial charge in [0.05, 0.1) is 11.5 Å². The van der Waals surface area contributed by atoms with Gasteiger partial charge in [-0.2, -0.15) is 4.57 Å². The Balaban J connectivity index is 1.34. The fraction of sp³-hybridized carbons (Fsp3) is 0.515. The number of unbranched alkanes of at least 4 members (excludes halogenated alkanes) is 11. The molecule has 0 fully saturated rings. The Bertz CT molecular complexity index is 1150. The first-order chi connectivity index (χ1) is 19.5. The summed E-state index contributed by atoms with van der Waals surface area (Å²) in [7, 11) is 0. The van der Waals surface area contributed by atoms with E-state index >= 15 is 0 Å². The Labute approximate surface area is 243 Å². The number of hydrogen-bond donors (Lipinski definition) is 1. The molecule has 5 nitrogen and oxygen atoms in total. The van der Waals surface area contributed by atoms with Gasteiger partial charge in [0.25, 0.3) is 5.91 Å². The number of benzene rings is 2. The first-order valence-electron chi connectivity index (χ1n) is 14.9. The highest BCUT2D eigenvalue weighted by Crippen LogP contribution is 2.30. The number of carbonyl (C=O) groups is 1. The molecule has 0 aliphatic carbocycles. The van der Waals surface area contributed by atoms with Gasteiger partial charge in [-0.15, -0.1) is 0 Å². The highest BCUT2D eigenvalue weighted by Gasteiger charge is 2.14. The van der Waals surface area contributed by atoms with Crippen molar-refractivity contribution in [1.82, 2.24) is 0 Å². The fourth-order valence-corrected chi connectivity index (χ4v) is 5.32. The lowest BCUT2D eigenvalue weighted by Gasteiger charge is -2.13. The first-order valence-corrected chi connectivity index (χ1v) is 15.8. The minimum absolute atomic E-state index is 0.0726. The van der Waals surface area contributed by atoms with Gasteiger partial charge >= 0.3 is 0 Å². The van der Waals surface area contributed by atoms with Crippen LogP contribution in [0.2, 0.25) is 0 Å². The van der Waals surface area contributed by atoms with Crippen LogP contribution in [-0.4, -0.2) is 19.1 Å². The number of anilines is 1. The van der Waals surface area contributed by atoms with Crippen LogP contribution in [0.5, 0.6) is 11.5 Å². The van der Waals surface area contributed by atoms with E-state index < -0.39 is 5.82 Å². The third kappa shape index (κ3) is 12.1. The van der Waals surface area contributed by atoms with E-state index in [1.54, 1.807) is 23.5 Å². The topological polar surface area (TPSA) is 51.4 Å². The van der Waals surface area contributed by atoms with Gasteiger partial charge < -0.3 is 14.8 Å². The summed E-state index contributed by atoms with van der Waals surface area (Å²) in [5.74, 6) is -0.478. The highest BCUT2D eigenvalue weighted by molar-refractivity contribution is 7.09. The molecule has 0 radical (unpaired) electrons. The van der Waals surface area contributed by atoms with Crippen molar-refractivity contribution in [2.24, 2.45) is 0 Å². The predicted molar refractivity (Wildman–Crippen MR) is 162 cm³/mol. The summed E-state index contributed by atoms with van der Waals surface area (Å²) >= 11 is 1.70. The maximum atomic E-state index is 14.5. The highest BCUT2D eigenvalue weighted by atomic mass is 32.1. The maximum absolute atomic E-state index is 14.5. The lowest BCUT2D eigenvalue weighted by atomic mass is 10.1. The number of para-hydroxylation sites is 1. The quantitative estimate of drug-likeness (QED) is 0.109. The molecule has 0 bridgehead atoms. The van der Waals surface area contributed by atoms with Gasteiger partial charge in [0.2, 0.25) is 5.51 Å². The Hall–Kier alpha value is -2.93. The molecule has 1 N–H and O–H groups in total. The molecule has 1 heterocycles. The lowest BCUT2D eigenvalue weighted by molar-refractivity contribution is -0.683. The number of halogens is 1. The van der Waals surface area contributed by atoms with Crippen molar-refractivity contribution >= 4 is 22.9 Å². The first kappa shape index (κ1) is 31.6. The van der Waals surface area contributed by atoms with Crippen LogP contribution in [0.1, 0.15) is 94.4 Å². The predicted octanol–water partition coefficient (Wildman–Crippen LogP) is 8.63. The third-order valence-corrected chi connectivity index (χ3v) is 7.68. The molecular weight excluding hydrogens is 523 g/mol. The van der Waals surface area contributed by atoms with Gasteiger partial charge in [-0.3, -0.25) is 4.79 Å². The standard InChI is InChI=1S/C33H45FN2O3S/c1-3-4-5-6-7-8-9-10-11-12-13-14-21-38-33-30(34)19-16-20-31(33)39-25-32(37)35-29-18-15-17-28(22-29)24-36-23-27(2)40-26-36/h15-20,22-23,26H,3-14,21,24-25H2,1-2H3/p+1. The van der Waals surface area contributed by atoms with E-state index in [9.17, 15) is 9.18 Å². The van der Waals surface area contributed by atoms with E-state index in [1.165, 1.54) is 75.2 Å². The maximum Gasteiger partial charge on any atom is 0.262 e. The number of aryl methyl sites for hydroxylation is 1. The van der Waals surface area contributed by atoms with Crippen LogP contribution < -0.4 is 19.4 Å². The molecule has 3 aromatic rings. The Kier molecular flexibility index (Phi) is 14.6. The number of amides is 1. The molecule has 0 unspecified atom stereocenters. The normalized spacial score (nSPS) is 11.0. The zero-order valence-electron chi connectivity index (χ0n) is 24.3. The minimum atomic E-state index is -0.481. The number of nitrogens with zero attached hydrogens (tertiary/aromatic N) is 1. The van der Waals surface area contributed by atoms with Crippen LogP contribution in [0.4, 0.5) is 10.1 Å². The van der Waals surface area contributed by atoms with Crippen molar-refractivity contribution in [3.63, 3.8) is 0 Å². The van der Waals surface area contributed by atoms with E-state index in [4.69, 9.17) is 9.47 Å². The summed E-state index contributed by atoms with van der Waals surface area (Å²) in [6.07, 6.45) is 17.2. The lowest BCUT2D eigenvalue weighted by Crippen LogP contribution is -2.30. The van der Waals surface area contributed by atoms with Crippen LogP contribution in [-0.2, 0) is 11.3 Å². The average molecular weight is 570 g/mol. The molecule has 0 atom stereocenters. The second-order valence-electron chi connectivity index (χ2n) is 10.5. The summed E-state index contributed by atoms with van der Waals surface area (Å²) < 4.78 is 28.0. The molecule has 1 amide bonds. The zero-order chi connectivity index (χ0) is 28.4. The molecule has 0 spiro atoms. The van der Waals surface area contributed by atoms with Crippen molar-refractivity contribution in [2.45, 2.75) is 97.4 Å². The van der Waals surface area contributed by atoms with Gasteiger partial charge in [0.1, 0.15) is 0 Å². The molecule has 3 rings (SSSR count). The van der Waals surface area contributed by atoms with Crippen LogP contribution in [0.15, 0.2) is 54.2 Å². The molecule has 218 valence electrons. The third-order valence-electron chi connectivity index (χ3n) is 6.83. The van der Waals surface area contributed by atoms with E-state index in [0.717, 1.165) is 24.9 Å².